The first-order valence-corrected chi connectivity index (χ1v) is 5.49. The van der Waals surface area contributed by atoms with Gasteiger partial charge in [0.25, 0.3) is 0 Å². The van der Waals surface area contributed by atoms with Gasteiger partial charge in [0.1, 0.15) is 5.75 Å². The van der Waals surface area contributed by atoms with Gasteiger partial charge in [0.2, 0.25) is 0 Å². The van der Waals surface area contributed by atoms with Crippen LogP contribution in [-0.2, 0) is 6.54 Å². The van der Waals surface area contributed by atoms with E-state index in [9.17, 15) is 13.2 Å². The molecule has 1 fully saturated rings. The van der Waals surface area contributed by atoms with Gasteiger partial charge in [-0.3, -0.25) is 4.90 Å². The summed E-state index contributed by atoms with van der Waals surface area (Å²) in [6.07, 6.45) is -2.19. The first-order chi connectivity index (χ1) is 7.94. The Hall–Kier alpha value is -1.23. The Morgan fingerprint density at radius 2 is 1.82 bits per heavy atom. The normalized spacial score (nSPS) is 16.3. The van der Waals surface area contributed by atoms with Crippen molar-refractivity contribution in [1.82, 2.24) is 4.90 Å². The fourth-order valence-corrected chi connectivity index (χ4v) is 1.73. The summed E-state index contributed by atoms with van der Waals surface area (Å²) in [7, 11) is 2.03. The molecule has 5 heteroatoms. The van der Waals surface area contributed by atoms with Crippen LogP contribution in [0.3, 0.4) is 0 Å². The summed E-state index contributed by atoms with van der Waals surface area (Å²) >= 11 is 0. The van der Waals surface area contributed by atoms with Gasteiger partial charge in [-0.05, 0) is 37.6 Å². The van der Waals surface area contributed by atoms with Gasteiger partial charge < -0.3 is 4.74 Å². The van der Waals surface area contributed by atoms with Gasteiger partial charge in [-0.2, -0.15) is 0 Å². The molecule has 94 valence electrons. The fraction of sp³-hybridized carbons (Fsp3) is 0.500. The molecule has 0 bridgehead atoms. The molecule has 0 unspecified atom stereocenters. The lowest BCUT2D eigenvalue weighted by atomic mass is 10.2. The molecule has 1 aliphatic carbocycles. The van der Waals surface area contributed by atoms with Crippen LogP contribution >= 0.6 is 0 Å². The van der Waals surface area contributed by atoms with Gasteiger partial charge in [-0.1, -0.05) is 12.1 Å². The van der Waals surface area contributed by atoms with Gasteiger partial charge in [0.05, 0.1) is 0 Å². The van der Waals surface area contributed by atoms with Crippen molar-refractivity contribution in [1.29, 1.82) is 0 Å². The van der Waals surface area contributed by atoms with Crippen LogP contribution in [0.4, 0.5) is 13.2 Å². The Bertz CT molecular complexity index is 370. The molecule has 0 saturated heterocycles. The average Bonchev–Trinajstić information content (AvgIpc) is 3.02. The summed E-state index contributed by atoms with van der Waals surface area (Å²) < 4.78 is 39.6. The van der Waals surface area contributed by atoms with Gasteiger partial charge >= 0.3 is 6.36 Å². The minimum absolute atomic E-state index is 0.171. The maximum atomic E-state index is 11.9. The second-order valence-corrected chi connectivity index (χ2v) is 4.34. The Balaban J connectivity index is 1.92. The second kappa shape index (κ2) is 4.56. The SMILES string of the molecule is CN(Cc1ccc(OC(F)(F)F)cc1)C1CC1. The van der Waals surface area contributed by atoms with Crippen LogP contribution in [0.1, 0.15) is 18.4 Å². The highest BCUT2D eigenvalue weighted by molar-refractivity contribution is 5.27. The summed E-state index contributed by atoms with van der Waals surface area (Å²) in [4.78, 5) is 2.21. The lowest BCUT2D eigenvalue weighted by molar-refractivity contribution is -0.274. The zero-order valence-corrected chi connectivity index (χ0v) is 9.50. The number of alkyl halides is 3. The predicted octanol–water partition coefficient (Wildman–Crippen LogP) is 3.18. The molecule has 1 aliphatic rings. The molecule has 1 saturated carbocycles. The van der Waals surface area contributed by atoms with E-state index in [1.165, 1.54) is 25.0 Å². The van der Waals surface area contributed by atoms with Crippen molar-refractivity contribution in [3.63, 3.8) is 0 Å². The van der Waals surface area contributed by atoms with E-state index in [1.807, 2.05) is 7.05 Å². The lowest BCUT2D eigenvalue weighted by Crippen LogP contribution is -2.20. The summed E-state index contributed by atoms with van der Waals surface area (Å²) in [5, 5.41) is 0. The number of ether oxygens (including phenoxy) is 1. The molecule has 2 nitrogen and oxygen atoms in total. The fourth-order valence-electron chi connectivity index (χ4n) is 1.73. The summed E-state index contributed by atoms with van der Waals surface area (Å²) in [5.74, 6) is -0.171. The van der Waals surface area contributed by atoms with Crippen molar-refractivity contribution in [3.8, 4) is 5.75 Å². The molecule has 1 aromatic carbocycles. The highest BCUT2D eigenvalue weighted by Gasteiger charge is 2.31. The molecule has 0 aliphatic heterocycles. The van der Waals surface area contributed by atoms with E-state index >= 15 is 0 Å². The van der Waals surface area contributed by atoms with Crippen molar-refractivity contribution >= 4 is 0 Å². The molecule has 0 aromatic heterocycles. The molecule has 0 N–H and O–H groups in total. The Morgan fingerprint density at radius 1 is 1.24 bits per heavy atom. The Kier molecular flexibility index (Phi) is 3.28. The van der Waals surface area contributed by atoms with Crippen LogP contribution < -0.4 is 4.74 Å². The molecular formula is C12H14F3NO. The number of hydrogen-bond donors (Lipinski definition) is 0. The van der Waals surface area contributed by atoms with Crippen LogP contribution in [0.5, 0.6) is 5.75 Å². The molecule has 0 atom stereocenters. The third kappa shape index (κ3) is 3.93. The first kappa shape index (κ1) is 12.2. The summed E-state index contributed by atoms with van der Waals surface area (Å²) in [6.45, 7) is 0.761. The molecule has 0 heterocycles. The molecule has 0 spiro atoms. The van der Waals surface area contributed by atoms with Crippen molar-refractivity contribution in [3.05, 3.63) is 29.8 Å². The van der Waals surface area contributed by atoms with E-state index in [-0.39, 0.29) is 5.75 Å². The van der Waals surface area contributed by atoms with Gasteiger partial charge in [-0.25, -0.2) is 0 Å². The van der Waals surface area contributed by atoms with E-state index in [1.54, 1.807) is 12.1 Å². The van der Waals surface area contributed by atoms with Crippen molar-refractivity contribution in [2.24, 2.45) is 0 Å². The Labute approximate surface area is 98.0 Å². The standard InChI is InChI=1S/C12H14F3NO/c1-16(10-4-5-10)8-9-2-6-11(7-3-9)17-12(13,14)15/h2-3,6-7,10H,4-5,8H2,1H3. The first-order valence-electron chi connectivity index (χ1n) is 5.49. The van der Waals surface area contributed by atoms with E-state index in [2.05, 4.69) is 9.64 Å². The number of nitrogens with zero attached hydrogens (tertiary/aromatic N) is 1. The third-order valence-electron chi connectivity index (χ3n) is 2.76. The van der Waals surface area contributed by atoms with Gasteiger partial charge in [0, 0.05) is 12.6 Å². The van der Waals surface area contributed by atoms with Gasteiger partial charge in [-0.15, -0.1) is 13.2 Å². The van der Waals surface area contributed by atoms with Crippen LogP contribution in [0.25, 0.3) is 0 Å². The zero-order valence-electron chi connectivity index (χ0n) is 9.50. The maximum Gasteiger partial charge on any atom is 0.573 e. The molecule has 1 aromatic rings. The number of rotatable bonds is 4. The number of halogens is 3. The number of benzene rings is 1. The van der Waals surface area contributed by atoms with E-state index in [0.29, 0.717) is 6.04 Å². The largest absolute Gasteiger partial charge is 0.573 e. The molecular weight excluding hydrogens is 231 g/mol. The van der Waals surface area contributed by atoms with Gasteiger partial charge in [0.15, 0.2) is 0 Å². The average molecular weight is 245 g/mol. The lowest BCUT2D eigenvalue weighted by Gasteiger charge is -2.16. The van der Waals surface area contributed by atoms with Crippen molar-refractivity contribution in [2.45, 2.75) is 31.8 Å². The topological polar surface area (TPSA) is 12.5 Å². The maximum absolute atomic E-state index is 11.9. The van der Waals surface area contributed by atoms with Crippen LogP contribution in [-0.4, -0.2) is 24.4 Å². The molecule has 0 radical (unpaired) electrons. The van der Waals surface area contributed by atoms with Crippen LogP contribution in [0.2, 0.25) is 0 Å². The minimum Gasteiger partial charge on any atom is -0.406 e. The molecule has 0 amide bonds. The van der Waals surface area contributed by atoms with Crippen LogP contribution in [0.15, 0.2) is 24.3 Å². The van der Waals surface area contributed by atoms with Crippen molar-refractivity contribution < 1.29 is 17.9 Å². The zero-order chi connectivity index (χ0) is 12.5. The Morgan fingerprint density at radius 3 is 2.29 bits per heavy atom. The molecule has 17 heavy (non-hydrogen) atoms. The van der Waals surface area contributed by atoms with E-state index in [4.69, 9.17) is 0 Å². The highest BCUT2D eigenvalue weighted by atomic mass is 19.4. The van der Waals surface area contributed by atoms with Crippen molar-refractivity contribution in [2.75, 3.05) is 7.05 Å². The quantitative estimate of drug-likeness (QED) is 0.807. The van der Waals surface area contributed by atoms with E-state index < -0.39 is 6.36 Å². The summed E-state index contributed by atoms with van der Waals surface area (Å²) in [5.41, 5.74) is 0.994. The number of hydrogen-bond acceptors (Lipinski definition) is 2. The second-order valence-electron chi connectivity index (χ2n) is 4.34. The van der Waals surface area contributed by atoms with Crippen LogP contribution in [0, 0.1) is 0 Å². The van der Waals surface area contributed by atoms with E-state index in [0.717, 1.165) is 12.1 Å². The molecule has 2 rings (SSSR count). The predicted molar refractivity (Wildman–Crippen MR) is 57.6 cm³/mol. The minimum atomic E-state index is -4.62. The summed E-state index contributed by atoms with van der Waals surface area (Å²) in [6, 6.07) is 6.67. The smallest absolute Gasteiger partial charge is 0.406 e. The third-order valence-corrected chi connectivity index (χ3v) is 2.76. The monoisotopic (exact) mass is 245 g/mol. The highest BCUT2D eigenvalue weighted by Crippen LogP contribution is 2.27.